The first-order valence-corrected chi connectivity index (χ1v) is 11.4. The number of methoxy groups -OCH3 is 1. The van der Waals surface area contributed by atoms with E-state index < -0.39 is 0 Å². The number of carbonyl (C=O) groups excluding carboxylic acids is 1. The molecule has 8 nitrogen and oxygen atoms in total. The molecule has 0 aliphatic carbocycles. The molecule has 0 atom stereocenters. The van der Waals surface area contributed by atoms with Crippen molar-refractivity contribution in [3.8, 4) is 5.75 Å². The van der Waals surface area contributed by atoms with Gasteiger partial charge >= 0.3 is 0 Å². The van der Waals surface area contributed by atoms with Gasteiger partial charge in [0.25, 0.3) is 5.56 Å². The van der Waals surface area contributed by atoms with Crippen LogP contribution in [0.2, 0.25) is 0 Å². The van der Waals surface area contributed by atoms with Crippen LogP contribution >= 0.6 is 11.3 Å². The number of benzene rings is 1. The van der Waals surface area contributed by atoms with Gasteiger partial charge in [-0.05, 0) is 37.0 Å². The second kappa shape index (κ2) is 9.47. The first-order chi connectivity index (χ1) is 15.1. The van der Waals surface area contributed by atoms with Gasteiger partial charge in [-0.1, -0.05) is 36.8 Å². The Balaban J connectivity index is 1.34. The number of nitrogens with zero attached hydrogens (tertiary/aromatic N) is 4. The van der Waals surface area contributed by atoms with Crippen LogP contribution in [0.3, 0.4) is 0 Å². The van der Waals surface area contributed by atoms with Crippen LogP contribution in [0.1, 0.15) is 37.4 Å². The number of hydrogen-bond acceptors (Lipinski definition) is 7. The number of ether oxygens (including phenoxy) is 1. The predicted molar refractivity (Wildman–Crippen MR) is 121 cm³/mol. The van der Waals surface area contributed by atoms with E-state index in [2.05, 4.69) is 27.2 Å². The van der Waals surface area contributed by atoms with E-state index in [1.807, 2.05) is 24.3 Å². The second-order valence-corrected chi connectivity index (χ2v) is 8.68. The third kappa shape index (κ3) is 4.87. The predicted octanol–water partition coefficient (Wildman–Crippen LogP) is 2.64. The van der Waals surface area contributed by atoms with E-state index in [1.54, 1.807) is 13.2 Å². The van der Waals surface area contributed by atoms with Crippen LogP contribution in [-0.4, -0.2) is 40.7 Å². The molecular weight excluding hydrogens is 414 g/mol. The molecule has 1 aromatic carbocycles. The molecule has 1 fully saturated rings. The highest BCUT2D eigenvalue weighted by molar-refractivity contribution is 7.20. The van der Waals surface area contributed by atoms with E-state index in [0.717, 1.165) is 60.9 Å². The van der Waals surface area contributed by atoms with Gasteiger partial charge in [0.2, 0.25) is 16.0 Å². The Bertz CT molecular complexity index is 1100. The standard InChI is InChI=1S/C22H27N5O3S/c1-3-4-17-13-19(28)27-21(24-17)31-22(25-27)26-11-9-16(10-12-26)20(29)23-14-15-5-7-18(30-2)8-6-15/h5-8,13,16H,3-4,9-12,14H2,1-2H3,(H,23,29). The van der Waals surface area contributed by atoms with Gasteiger partial charge in [0, 0.05) is 37.3 Å². The van der Waals surface area contributed by atoms with Crippen molar-refractivity contribution in [1.82, 2.24) is 19.9 Å². The van der Waals surface area contributed by atoms with E-state index in [4.69, 9.17) is 4.74 Å². The second-order valence-electron chi connectivity index (χ2n) is 7.74. The number of piperidine rings is 1. The maximum atomic E-state index is 12.6. The summed E-state index contributed by atoms with van der Waals surface area (Å²) in [6.45, 7) is 4.04. The normalized spacial score (nSPS) is 14.7. The van der Waals surface area contributed by atoms with Crippen molar-refractivity contribution in [1.29, 1.82) is 0 Å². The third-order valence-corrected chi connectivity index (χ3v) is 6.52. The third-order valence-electron chi connectivity index (χ3n) is 5.56. The summed E-state index contributed by atoms with van der Waals surface area (Å²) in [6.07, 6.45) is 3.25. The van der Waals surface area contributed by atoms with Crippen molar-refractivity contribution in [3.63, 3.8) is 0 Å². The Labute approximate surface area is 184 Å². The van der Waals surface area contributed by atoms with Gasteiger partial charge in [-0.3, -0.25) is 9.59 Å². The summed E-state index contributed by atoms with van der Waals surface area (Å²) < 4.78 is 6.54. The van der Waals surface area contributed by atoms with Crippen LogP contribution in [0.5, 0.6) is 5.75 Å². The Morgan fingerprint density at radius 1 is 1.26 bits per heavy atom. The minimum absolute atomic E-state index is 0.0131. The average Bonchev–Trinajstić information content (AvgIpc) is 3.23. The Kier molecular flexibility index (Phi) is 6.50. The first kappa shape index (κ1) is 21.3. The maximum Gasteiger partial charge on any atom is 0.275 e. The Morgan fingerprint density at radius 3 is 2.68 bits per heavy atom. The molecule has 31 heavy (non-hydrogen) atoms. The largest absolute Gasteiger partial charge is 0.497 e. The summed E-state index contributed by atoms with van der Waals surface area (Å²) in [5.74, 6) is 0.874. The molecule has 1 amide bonds. The number of nitrogens with one attached hydrogen (secondary N) is 1. The molecule has 1 N–H and O–H groups in total. The summed E-state index contributed by atoms with van der Waals surface area (Å²) in [6, 6.07) is 9.26. The lowest BCUT2D eigenvalue weighted by Crippen LogP contribution is -2.40. The van der Waals surface area contributed by atoms with Crippen LogP contribution in [0.15, 0.2) is 35.1 Å². The number of rotatable bonds is 7. The number of fused-ring (bicyclic) bond motifs is 1. The van der Waals surface area contributed by atoms with Crippen LogP contribution in [0.25, 0.3) is 4.96 Å². The summed E-state index contributed by atoms with van der Waals surface area (Å²) in [5, 5.41) is 8.30. The van der Waals surface area contributed by atoms with Crippen molar-refractivity contribution >= 4 is 27.3 Å². The fourth-order valence-electron chi connectivity index (χ4n) is 3.77. The number of hydrogen-bond donors (Lipinski definition) is 1. The highest BCUT2D eigenvalue weighted by Crippen LogP contribution is 2.27. The molecule has 4 rings (SSSR count). The fourth-order valence-corrected chi connectivity index (χ4v) is 4.75. The van der Waals surface area contributed by atoms with Gasteiger partial charge in [0.15, 0.2) is 0 Å². The fraction of sp³-hybridized carbons (Fsp3) is 0.455. The molecule has 1 aliphatic heterocycles. The van der Waals surface area contributed by atoms with Gasteiger partial charge in [0.05, 0.1) is 7.11 Å². The molecule has 3 aromatic rings. The molecule has 0 saturated carbocycles. The molecule has 9 heteroatoms. The topological polar surface area (TPSA) is 88.8 Å². The van der Waals surface area contributed by atoms with Crippen molar-refractivity contribution in [2.24, 2.45) is 5.92 Å². The van der Waals surface area contributed by atoms with E-state index in [-0.39, 0.29) is 17.4 Å². The van der Waals surface area contributed by atoms with Crippen LogP contribution in [-0.2, 0) is 17.8 Å². The molecule has 0 unspecified atom stereocenters. The van der Waals surface area contributed by atoms with E-state index in [1.165, 1.54) is 15.9 Å². The first-order valence-electron chi connectivity index (χ1n) is 10.6. The molecule has 0 radical (unpaired) electrons. The van der Waals surface area contributed by atoms with Crippen molar-refractivity contribution in [2.75, 3.05) is 25.1 Å². The average molecular weight is 442 g/mol. The van der Waals surface area contributed by atoms with Gasteiger partial charge in [0.1, 0.15) is 5.75 Å². The molecule has 2 aromatic heterocycles. The summed E-state index contributed by atoms with van der Waals surface area (Å²) in [5.41, 5.74) is 1.72. The number of amides is 1. The van der Waals surface area contributed by atoms with E-state index in [0.29, 0.717) is 11.5 Å². The molecule has 0 spiro atoms. The highest BCUT2D eigenvalue weighted by Gasteiger charge is 2.26. The zero-order valence-electron chi connectivity index (χ0n) is 17.8. The molecule has 1 saturated heterocycles. The highest BCUT2D eigenvalue weighted by atomic mass is 32.1. The van der Waals surface area contributed by atoms with E-state index >= 15 is 0 Å². The smallest absolute Gasteiger partial charge is 0.275 e. The van der Waals surface area contributed by atoms with Crippen molar-refractivity contribution < 1.29 is 9.53 Å². The number of aromatic nitrogens is 3. The van der Waals surface area contributed by atoms with Gasteiger partial charge in [-0.15, -0.1) is 5.10 Å². The summed E-state index contributed by atoms with van der Waals surface area (Å²) >= 11 is 1.43. The molecule has 164 valence electrons. The SMILES string of the molecule is CCCc1cc(=O)n2nc(N3CCC(C(=O)NCc4ccc(OC)cc4)CC3)sc2n1. The number of carbonyl (C=O) groups is 1. The summed E-state index contributed by atoms with van der Waals surface area (Å²) in [4.78, 5) is 32.3. The molecule has 3 heterocycles. The minimum atomic E-state index is -0.135. The Hall–Kier alpha value is -2.94. The molecule has 0 bridgehead atoms. The van der Waals surface area contributed by atoms with Gasteiger partial charge in [-0.25, -0.2) is 4.98 Å². The van der Waals surface area contributed by atoms with Crippen molar-refractivity contribution in [2.45, 2.75) is 39.2 Å². The van der Waals surface area contributed by atoms with Gasteiger partial charge < -0.3 is 15.0 Å². The van der Waals surface area contributed by atoms with Crippen molar-refractivity contribution in [3.05, 3.63) is 51.9 Å². The lowest BCUT2D eigenvalue weighted by atomic mass is 9.96. The zero-order valence-corrected chi connectivity index (χ0v) is 18.7. The quantitative estimate of drug-likeness (QED) is 0.606. The molecule has 1 aliphatic rings. The number of aryl methyl sites for hydroxylation is 1. The lowest BCUT2D eigenvalue weighted by Gasteiger charge is -2.30. The monoisotopic (exact) mass is 441 g/mol. The van der Waals surface area contributed by atoms with Crippen LogP contribution in [0, 0.1) is 5.92 Å². The zero-order chi connectivity index (χ0) is 21.8. The molecular formula is C22H27N5O3S. The number of anilines is 1. The Morgan fingerprint density at radius 2 is 2.00 bits per heavy atom. The van der Waals surface area contributed by atoms with Gasteiger partial charge in [-0.2, -0.15) is 4.52 Å². The summed E-state index contributed by atoms with van der Waals surface area (Å²) in [7, 11) is 1.63. The van der Waals surface area contributed by atoms with E-state index in [9.17, 15) is 9.59 Å². The van der Waals surface area contributed by atoms with Crippen LogP contribution < -0.4 is 20.5 Å². The van der Waals surface area contributed by atoms with Crippen LogP contribution in [0.4, 0.5) is 5.13 Å². The maximum absolute atomic E-state index is 12.6. The lowest BCUT2D eigenvalue weighted by molar-refractivity contribution is -0.125. The minimum Gasteiger partial charge on any atom is -0.497 e.